The van der Waals surface area contributed by atoms with Crippen LogP contribution >= 0.6 is 0 Å². The predicted octanol–water partition coefficient (Wildman–Crippen LogP) is 4.04. The van der Waals surface area contributed by atoms with Crippen LogP contribution in [0.4, 0.5) is 35.9 Å². The zero-order chi connectivity index (χ0) is 17.8. The van der Waals surface area contributed by atoms with Crippen molar-refractivity contribution < 1.29 is 23.0 Å². The number of hydrogen-bond acceptors (Lipinski definition) is 6. The molecule has 0 amide bonds. The Morgan fingerprint density at radius 3 is 2.09 bits per heavy atom. The minimum Gasteiger partial charge on any atom is -0.377 e. The lowest BCUT2D eigenvalue weighted by Gasteiger charge is -2.18. The molecule has 0 fully saturated rings. The van der Waals surface area contributed by atoms with E-state index < -0.39 is 33.2 Å². The average Bonchev–Trinajstić information content (AvgIpc) is 2.42. The third-order valence-corrected chi connectivity index (χ3v) is 3.15. The Morgan fingerprint density at radius 1 is 1.13 bits per heavy atom. The molecular formula is C12H15F3N4O4. The van der Waals surface area contributed by atoms with Gasteiger partial charge >= 0.3 is 12.0 Å². The Hall–Kier alpha value is -2.59. The monoisotopic (exact) mass is 336 g/mol. The SMILES string of the molecule is CCC(CC)Nc1ccc([N+](=O)[O-])c(NC(F)(F)F)c1[N+](=O)[O-]. The third kappa shape index (κ3) is 4.69. The van der Waals surface area contributed by atoms with Crippen molar-refractivity contribution in [1.29, 1.82) is 0 Å². The van der Waals surface area contributed by atoms with E-state index in [1.54, 1.807) is 13.8 Å². The Morgan fingerprint density at radius 2 is 1.70 bits per heavy atom. The number of nitrogens with zero attached hydrogens (tertiary/aromatic N) is 2. The van der Waals surface area contributed by atoms with Gasteiger partial charge < -0.3 is 5.32 Å². The highest BCUT2D eigenvalue weighted by Crippen LogP contribution is 2.42. The molecule has 0 aromatic heterocycles. The van der Waals surface area contributed by atoms with Crippen LogP contribution in [0.3, 0.4) is 0 Å². The van der Waals surface area contributed by atoms with Crippen LogP contribution in [-0.2, 0) is 0 Å². The highest BCUT2D eigenvalue weighted by atomic mass is 19.4. The molecule has 0 aliphatic carbocycles. The van der Waals surface area contributed by atoms with Gasteiger partial charge in [0.25, 0.3) is 5.69 Å². The summed E-state index contributed by atoms with van der Waals surface area (Å²) < 4.78 is 37.7. The van der Waals surface area contributed by atoms with Crippen molar-refractivity contribution in [2.75, 3.05) is 10.6 Å². The molecule has 0 spiro atoms. The largest absolute Gasteiger partial charge is 0.482 e. The van der Waals surface area contributed by atoms with Gasteiger partial charge in [0.05, 0.1) is 9.85 Å². The molecule has 0 atom stereocenters. The number of alkyl halides is 3. The Kier molecular flexibility index (Phi) is 5.71. The molecule has 0 bridgehead atoms. The maximum Gasteiger partial charge on any atom is 0.482 e. The van der Waals surface area contributed by atoms with E-state index in [0.717, 1.165) is 17.4 Å². The second kappa shape index (κ2) is 7.11. The fourth-order valence-electron chi connectivity index (χ4n) is 2.02. The molecule has 1 aromatic rings. The molecule has 0 saturated heterocycles. The molecule has 0 radical (unpaired) electrons. The number of anilines is 2. The van der Waals surface area contributed by atoms with Gasteiger partial charge in [-0.3, -0.25) is 25.5 Å². The van der Waals surface area contributed by atoms with E-state index in [-0.39, 0.29) is 11.7 Å². The Bertz CT molecular complexity index is 603. The Balaban J connectivity index is 3.52. The maximum absolute atomic E-state index is 12.6. The van der Waals surface area contributed by atoms with Crippen LogP contribution in [0.5, 0.6) is 0 Å². The van der Waals surface area contributed by atoms with Crippen molar-refractivity contribution in [3.8, 4) is 0 Å². The summed E-state index contributed by atoms with van der Waals surface area (Å²) in [4.78, 5) is 19.9. The number of nitro groups is 2. The molecule has 1 rings (SSSR count). The van der Waals surface area contributed by atoms with E-state index in [9.17, 15) is 33.4 Å². The number of nitro benzene ring substituents is 2. The lowest BCUT2D eigenvalue weighted by Crippen LogP contribution is -2.23. The number of benzene rings is 1. The predicted molar refractivity (Wildman–Crippen MR) is 77.4 cm³/mol. The van der Waals surface area contributed by atoms with Gasteiger partial charge in [-0.05, 0) is 18.9 Å². The van der Waals surface area contributed by atoms with Crippen LogP contribution in [0.15, 0.2) is 12.1 Å². The first-order chi connectivity index (χ1) is 10.6. The summed E-state index contributed by atoms with van der Waals surface area (Å²) in [6.45, 7) is 3.60. The summed E-state index contributed by atoms with van der Waals surface area (Å²) in [6, 6.07) is 1.62. The summed E-state index contributed by atoms with van der Waals surface area (Å²) in [7, 11) is 0. The van der Waals surface area contributed by atoms with Crippen molar-refractivity contribution in [2.24, 2.45) is 0 Å². The highest BCUT2D eigenvalue weighted by Gasteiger charge is 2.38. The number of rotatable bonds is 7. The van der Waals surface area contributed by atoms with E-state index in [1.807, 2.05) is 0 Å². The van der Waals surface area contributed by atoms with E-state index in [1.165, 1.54) is 0 Å². The molecular weight excluding hydrogens is 321 g/mol. The van der Waals surface area contributed by atoms with E-state index >= 15 is 0 Å². The number of nitrogens with one attached hydrogen (secondary N) is 2. The molecule has 0 saturated carbocycles. The fraction of sp³-hybridized carbons (Fsp3) is 0.500. The van der Waals surface area contributed by atoms with E-state index in [0.29, 0.717) is 12.8 Å². The molecule has 2 N–H and O–H groups in total. The maximum atomic E-state index is 12.6. The first-order valence-electron chi connectivity index (χ1n) is 6.67. The van der Waals surface area contributed by atoms with Crippen molar-refractivity contribution in [2.45, 2.75) is 39.0 Å². The Labute approximate surface area is 129 Å². The molecule has 0 heterocycles. The van der Waals surface area contributed by atoms with Crippen LogP contribution in [-0.4, -0.2) is 22.2 Å². The standard InChI is InChI=1S/C12H15F3N4O4/c1-3-7(4-2)16-8-5-6-9(18(20)21)10(11(8)19(22)23)17-12(13,14)15/h5-7,16-17H,3-4H2,1-2H3. The van der Waals surface area contributed by atoms with Gasteiger partial charge in [-0.2, -0.15) is 13.2 Å². The zero-order valence-electron chi connectivity index (χ0n) is 12.3. The summed E-state index contributed by atoms with van der Waals surface area (Å²) >= 11 is 0. The van der Waals surface area contributed by atoms with Gasteiger partial charge in [-0.25, -0.2) is 0 Å². The minimum atomic E-state index is -5.05. The second-order valence-corrected chi connectivity index (χ2v) is 4.65. The normalized spacial score (nSPS) is 11.4. The fourth-order valence-corrected chi connectivity index (χ4v) is 2.02. The van der Waals surface area contributed by atoms with E-state index in [4.69, 9.17) is 0 Å². The van der Waals surface area contributed by atoms with Gasteiger partial charge in [0, 0.05) is 12.1 Å². The van der Waals surface area contributed by atoms with Gasteiger partial charge in [0.1, 0.15) is 5.69 Å². The zero-order valence-corrected chi connectivity index (χ0v) is 12.3. The van der Waals surface area contributed by atoms with Gasteiger partial charge in [-0.1, -0.05) is 13.8 Å². The van der Waals surface area contributed by atoms with Gasteiger partial charge in [0.2, 0.25) is 5.69 Å². The summed E-state index contributed by atoms with van der Waals surface area (Å²) in [5, 5.41) is 25.7. The van der Waals surface area contributed by atoms with Crippen molar-refractivity contribution >= 4 is 22.7 Å². The molecule has 0 aliphatic rings. The second-order valence-electron chi connectivity index (χ2n) is 4.65. The molecule has 23 heavy (non-hydrogen) atoms. The van der Waals surface area contributed by atoms with Crippen LogP contribution in [0.25, 0.3) is 0 Å². The topological polar surface area (TPSA) is 110 Å². The van der Waals surface area contributed by atoms with Gasteiger partial charge in [0.15, 0.2) is 0 Å². The lowest BCUT2D eigenvalue weighted by atomic mass is 10.1. The summed E-state index contributed by atoms with van der Waals surface area (Å²) in [5.41, 5.74) is -3.43. The lowest BCUT2D eigenvalue weighted by molar-refractivity contribution is -0.392. The third-order valence-electron chi connectivity index (χ3n) is 3.15. The molecule has 1 aromatic carbocycles. The van der Waals surface area contributed by atoms with Crippen LogP contribution < -0.4 is 10.6 Å². The van der Waals surface area contributed by atoms with Crippen LogP contribution in [0, 0.1) is 20.2 Å². The highest BCUT2D eigenvalue weighted by molar-refractivity contribution is 5.84. The molecule has 0 unspecified atom stereocenters. The molecule has 8 nitrogen and oxygen atoms in total. The smallest absolute Gasteiger partial charge is 0.377 e. The molecule has 0 aliphatic heterocycles. The van der Waals surface area contributed by atoms with Crippen LogP contribution in [0.1, 0.15) is 26.7 Å². The van der Waals surface area contributed by atoms with E-state index in [2.05, 4.69) is 5.32 Å². The summed E-state index contributed by atoms with van der Waals surface area (Å²) in [6.07, 6.45) is -3.90. The van der Waals surface area contributed by atoms with Crippen LogP contribution in [0.2, 0.25) is 0 Å². The number of halogens is 3. The average molecular weight is 336 g/mol. The molecule has 11 heteroatoms. The first kappa shape index (κ1) is 18.5. The van der Waals surface area contributed by atoms with Gasteiger partial charge in [-0.15, -0.1) is 0 Å². The van der Waals surface area contributed by atoms with Crippen molar-refractivity contribution in [1.82, 2.24) is 0 Å². The van der Waals surface area contributed by atoms with Crippen molar-refractivity contribution in [3.05, 3.63) is 32.4 Å². The number of hydrogen-bond donors (Lipinski definition) is 2. The van der Waals surface area contributed by atoms with Crippen molar-refractivity contribution in [3.63, 3.8) is 0 Å². The quantitative estimate of drug-likeness (QED) is 0.442. The minimum absolute atomic E-state index is 0.207. The molecule has 128 valence electrons. The summed E-state index contributed by atoms with van der Waals surface area (Å²) in [5.74, 6) is 0. The first-order valence-corrected chi connectivity index (χ1v) is 6.67.